The van der Waals surface area contributed by atoms with E-state index in [4.69, 9.17) is 9.47 Å². The van der Waals surface area contributed by atoms with Crippen LogP contribution in [-0.2, 0) is 23.2 Å². The average Bonchev–Trinajstić information content (AvgIpc) is 3.29. The maximum absolute atomic E-state index is 12.6. The molecule has 2 amide bonds. The Kier molecular flexibility index (Phi) is 3.79. The van der Waals surface area contributed by atoms with Crippen molar-refractivity contribution in [3.8, 4) is 11.5 Å². The Hall–Kier alpha value is -3.03. The maximum atomic E-state index is 12.6. The van der Waals surface area contributed by atoms with Crippen LogP contribution in [0, 0.1) is 0 Å². The fourth-order valence-corrected chi connectivity index (χ4v) is 3.13. The van der Waals surface area contributed by atoms with Crippen molar-refractivity contribution in [3.05, 3.63) is 36.0 Å². The largest absolute Gasteiger partial charge is 0.454 e. The highest BCUT2D eigenvalue weighted by Crippen LogP contribution is 2.33. The highest BCUT2D eigenvalue weighted by atomic mass is 16.7. The molecule has 0 aliphatic carbocycles. The lowest BCUT2D eigenvalue weighted by molar-refractivity contribution is -0.133. The van der Waals surface area contributed by atoms with Gasteiger partial charge in [0.1, 0.15) is 6.04 Å². The molecule has 1 atom stereocenters. The van der Waals surface area contributed by atoms with Crippen LogP contribution >= 0.6 is 0 Å². The number of benzene rings is 1. The van der Waals surface area contributed by atoms with Gasteiger partial charge in [0, 0.05) is 32.3 Å². The van der Waals surface area contributed by atoms with Crippen LogP contribution in [0.3, 0.4) is 0 Å². The molecule has 1 aromatic heterocycles. The zero-order valence-electron chi connectivity index (χ0n) is 13.8. The Bertz CT molecular complexity index is 832. The van der Waals surface area contributed by atoms with Gasteiger partial charge in [0.2, 0.25) is 18.6 Å². The Labute approximate surface area is 144 Å². The third-order valence-electron chi connectivity index (χ3n) is 4.39. The van der Waals surface area contributed by atoms with E-state index in [1.54, 1.807) is 28.9 Å². The Morgan fingerprint density at radius 3 is 2.96 bits per heavy atom. The Balaban J connectivity index is 1.48. The molecular weight excluding hydrogens is 324 g/mol. The number of nitrogens with one attached hydrogen (secondary N) is 1. The summed E-state index contributed by atoms with van der Waals surface area (Å²) in [5, 5.41) is 6.91. The van der Waals surface area contributed by atoms with Crippen LogP contribution in [0.2, 0.25) is 0 Å². The smallest absolute Gasteiger partial charge is 0.248 e. The second-order valence-electron chi connectivity index (χ2n) is 6.13. The lowest BCUT2D eigenvalue weighted by Gasteiger charge is -2.24. The molecule has 0 unspecified atom stereocenters. The number of nitrogens with zero attached hydrogens (tertiary/aromatic N) is 3. The van der Waals surface area contributed by atoms with Gasteiger partial charge in [-0.2, -0.15) is 5.10 Å². The first-order chi connectivity index (χ1) is 12.1. The molecule has 2 aromatic rings. The lowest BCUT2D eigenvalue weighted by Crippen LogP contribution is -2.41. The first-order valence-corrected chi connectivity index (χ1v) is 8.08. The topological polar surface area (TPSA) is 85.7 Å². The molecule has 4 rings (SSSR count). The normalized spacial score (nSPS) is 18.7. The highest BCUT2D eigenvalue weighted by Gasteiger charge is 2.36. The Morgan fingerprint density at radius 2 is 2.16 bits per heavy atom. The number of rotatable bonds is 4. The van der Waals surface area contributed by atoms with Crippen molar-refractivity contribution in [2.75, 3.05) is 12.1 Å². The summed E-state index contributed by atoms with van der Waals surface area (Å²) in [6.45, 7) is 0.562. The van der Waals surface area contributed by atoms with Crippen molar-refractivity contribution in [2.24, 2.45) is 7.05 Å². The summed E-state index contributed by atoms with van der Waals surface area (Å²) in [6, 6.07) is 6.77. The van der Waals surface area contributed by atoms with Crippen LogP contribution in [0.4, 0.5) is 5.82 Å². The van der Waals surface area contributed by atoms with Crippen molar-refractivity contribution in [3.63, 3.8) is 0 Å². The molecule has 0 spiro atoms. The number of ether oxygens (including phenoxy) is 2. The predicted octanol–water partition coefficient (Wildman–Crippen LogP) is 1.28. The predicted molar refractivity (Wildman–Crippen MR) is 88.0 cm³/mol. The molecule has 1 N–H and O–H groups in total. The van der Waals surface area contributed by atoms with Gasteiger partial charge in [-0.05, 0) is 24.1 Å². The first-order valence-electron chi connectivity index (χ1n) is 8.08. The zero-order valence-corrected chi connectivity index (χ0v) is 13.8. The van der Waals surface area contributed by atoms with Crippen molar-refractivity contribution in [1.82, 2.24) is 14.7 Å². The molecule has 0 bridgehead atoms. The van der Waals surface area contributed by atoms with Crippen molar-refractivity contribution in [2.45, 2.75) is 25.4 Å². The minimum Gasteiger partial charge on any atom is -0.454 e. The van der Waals surface area contributed by atoms with Crippen LogP contribution in [0.15, 0.2) is 30.5 Å². The summed E-state index contributed by atoms with van der Waals surface area (Å²) in [5.74, 6) is 1.60. The van der Waals surface area contributed by atoms with Crippen LogP contribution < -0.4 is 14.8 Å². The lowest BCUT2D eigenvalue weighted by atomic mass is 10.1. The zero-order chi connectivity index (χ0) is 17.4. The fourth-order valence-electron chi connectivity index (χ4n) is 3.13. The number of hydrogen-bond acceptors (Lipinski definition) is 5. The molecule has 1 fully saturated rings. The number of carbonyl (C=O) groups is 2. The van der Waals surface area contributed by atoms with E-state index in [0.717, 1.165) is 5.56 Å². The monoisotopic (exact) mass is 342 g/mol. The van der Waals surface area contributed by atoms with Gasteiger partial charge in [-0.1, -0.05) is 6.07 Å². The summed E-state index contributed by atoms with van der Waals surface area (Å²) < 4.78 is 12.3. The molecule has 0 saturated carbocycles. The number of amides is 2. The summed E-state index contributed by atoms with van der Waals surface area (Å²) in [4.78, 5) is 26.4. The fraction of sp³-hybridized carbons (Fsp3) is 0.353. The van der Waals surface area contributed by atoms with Gasteiger partial charge in [0.05, 0.1) is 0 Å². The number of anilines is 1. The van der Waals surface area contributed by atoms with Crippen LogP contribution in [0.5, 0.6) is 11.5 Å². The minimum absolute atomic E-state index is 0.0289. The number of aryl methyl sites for hydroxylation is 1. The molecule has 25 heavy (non-hydrogen) atoms. The molecule has 1 aromatic carbocycles. The van der Waals surface area contributed by atoms with Gasteiger partial charge >= 0.3 is 0 Å². The number of fused-ring (bicyclic) bond motifs is 1. The summed E-state index contributed by atoms with van der Waals surface area (Å²) in [7, 11) is 1.78. The van der Waals surface area contributed by atoms with E-state index >= 15 is 0 Å². The van der Waals surface area contributed by atoms with Gasteiger partial charge in [0.15, 0.2) is 17.3 Å². The van der Waals surface area contributed by atoms with E-state index in [-0.39, 0.29) is 18.6 Å². The van der Waals surface area contributed by atoms with Gasteiger partial charge in [-0.25, -0.2) is 0 Å². The van der Waals surface area contributed by atoms with Crippen molar-refractivity contribution < 1.29 is 19.1 Å². The number of likely N-dealkylation sites (tertiary alicyclic amines) is 1. The quantitative estimate of drug-likeness (QED) is 0.905. The van der Waals surface area contributed by atoms with Gasteiger partial charge < -0.3 is 19.7 Å². The van der Waals surface area contributed by atoms with Crippen LogP contribution in [0.1, 0.15) is 18.4 Å². The van der Waals surface area contributed by atoms with E-state index in [2.05, 4.69) is 10.4 Å². The highest BCUT2D eigenvalue weighted by molar-refractivity contribution is 5.98. The Morgan fingerprint density at radius 1 is 1.32 bits per heavy atom. The molecule has 0 radical (unpaired) electrons. The maximum Gasteiger partial charge on any atom is 0.248 e. The summed E-state index contributed by atoms with van der Waals surface area (Å²) in [5.41, 5.74) is 0.898. The van der Waals surface area contributed by atoms with Gasteiger partial charge in [-0.15, -0.1) is 0 Å². The van der Waals surface area contributed by atoms with Gasteiger partial charge in [0.25, 0.3) is 0 Å². The van der Waals surface area contributed by atoms with Crippen LogP contribution in [0.25, 0.3) is 0 Å². The third-order valence-corrected chi connectivity index (χ3v) is 4.39. The molecule has 2 aliphatic heterocycles. The molecular formula is C17H18N4O4. The molecule has 130 valence electrons. The summed E-state index contributed by atoms with van der Waals surface area (Å²) in [6.07, 6.45) is 2.62. The van der Waals surface area contributed by atoms with Gasteiger partial charge in [-0.3, -0.25) is 14.3 Å². The molecule has 3 heterocycles. The van der Waals surface area contributed by atoms with E-state index in [1.165, 1.54) is 0 Å². The second-order valence-corrected chi connectivity index (χ2v) is 6.13. The SMILES string of the molecule is Cn1ccc(NC(=O)[C@@H]2CCC(=O)N2Cc2ccc3c(c2)OCO3)n1. The number of hydrogen-bond donors (Lipinski definition) is 1. The molecule has 2 aliphatic rings. The van der Waals surface area contributed by atoms with Crippen molar-refractivity contribution >= 4 is 17.6 Å². The third kappa shape index (κ3) is 3.02. The molecule has 8 nitrogen and oxygen atoms in total. The van der Waals surface area contributed by atoms with E-state index < -0.39 is 6.04 Å². The van der Waals surface area contributed by atoms with E-state index in [9.17, 15) is 9.59 Å². The standard InChI is InChI=1S/C17H18N4O4/c1-20-7-6-15(19-20)18-17(23)12-3-5-16(22)21(12)9-11-2-4-13-14(8-11)25-10-24-13/h2,4,6-8,12H,3,5,9-10H2,1H3,(H,18,19,23)/t12-/m0/s1. The minimum atomic E-state index is -0.500. The number of aromatic nitrogens is 2. The number of carbonyl (C=O) groups excluding carboxylic acids is 2. The van der Waals surface area contributed by atoms with E-state index in [1.807, 2.05) is 18.2 Å². The second kappa shape index (κ2) is 6.12. The first kappa shape index (κ1) is 15.5. The van der Waals surface area contributed by atoms with E-state index in [0.29, 0.717) is 36.7 Å². The summed E-state index contributed by atoms with van der Waals surface area (Å²) >= 11 is 0. The van der Waals surface area contributed by atoms with Crippen molar-refractivity contribution in [1.29, 1.82) is 0 Å². The van der Waals surface area contributed by atoms with Crippen LogP contribution in [-0.4, -0.2) is 39.3 Å². The molecule has 1 saturated heterocycles. The average molecular weight is 342 g/mol. The molecule has 8 heteroatoms.